The van der Waals surface area contributed by atoms with Gasteiger partial charge in [0.2, 0.25) is 0 Å². The normalized spacial score (nSPS) is 10.7. The zero-order valence-electron chi connectivity index (χ0n) is 5.21. The summed E-state index contributed by atoms with van der Waals surface area (Å²) in [7, 11) is 0. The van der Waals surface area contributed by atoms with Crippen molar-refractivity contribution in [1.82, 2.24) is 9.97 Å². The molecular weight excluding hydrogens is 170 g/mol. The first-order chi connectivity index (χ1) is 5.27. The molecule has 0 bridgehead atoms. The molecule has 0 unspecified atom stereocenters. The van der Waals surface area contributed by atoms with Gasteiger partial charge in [0.15, 0.2) is 0 Å². The van der Waals surface area contributed by atoms with Crippen LogP contribution in [0.4, 0.5) is 8.78 Å². The Kier molecular flexibility index (Phi) is 1.32. The van der Waals surface area contributed by atoms with Crippen molar-refractivity contribution < 1.29 is 8.78 Å². The number of hydrogen-bond acceptors (Lipinski definition) is 3. The van der Waals surface area contributed by atoms with E-state index in [0.29, 0.717) is 11.0 Å². The second-order valence-electron chi connectivity index (χ2n) is 1.95. The number of fused-ring (bicyclic) bond motifs is 1. The van der Waals surface area contributed by atoms with Crippen LogP contribution in [0.2, 0.25) is 0 Å². The summed E-state index contributed by atoms with van der Waals surface area (Å²) in [5.41, 5.74) is 0.794. The lowest BCUT2D eigenvalue weighted by molar-refractivity contribution is 0.459. The van der Waals surface area contributed by atoms with Crippen LogP contribution in [0.25, 0.3) is 11.0 Å². The van der Waals surface area contributed by atoms with Gasteiger partial charge in [-0.2, -0.15) is 8.78 Å². The number of aromatic nitrogens is 2. The van der Waals surface area contributed by atoms with Crippen LogP contribution in [0.1, 0.15) is 0 Å². The van der Waals surface area contributed by atoms with E-state index in [9.17, 15) is 8.78 Å². The molecule has 0 saturated heterocycles. The summed E-state index contributed by atoms with van der Waals surface area (Å²) >= 11 is 1.31. The molecule has 2 nitrogen and oxygen atoms in total. The maximum atomic E-state index is 12.4. The van der Waals surface area contributed by atoms with Crippen LogP contribution in [0.15, 0.2) is 10.8 Å². The summed E-state index contributed by atoms with van der Waals surface area (Å²) in [5, 5.41) is 3.23. The summed E-state index contributed by atoms with van der Waals surface area (Å²) < 4.78 is 24.8. The number of hydrogen-bond donors (Lipinski definition) is 0. The van der Waals surface area contributed by atoms with Gasteiger partial charge in [-0.05, 0) is 0 Å². The summed E-state index contributed by atoms with van der Waals surface area (Å²) in [5.74, 6) is -2.29. The Hall–Kier alpha value is -1.10. The van der Waals surface area contributed by atoms with Crippen molar-refractivity contribution >= 4 is 22.4 Å². The fraction of sp³-hybridized carbons (Fsp3) is 0. The third-order valence-corrected chi connectivity index (χ3v) is 1.95. The Morgan fingerprint density at radius 3 is 1.91 bits per heavy atom. The summed E-state index contributed by atoms with van der Waals surface area (Å²) in [6.45, 7) is 0. The van der Waals surface area contributed by atoms with Crippen molar-refractivity contribution in [2.24, 2.45) is 0 Å². The minimum atomic E-state index is -1.14. The molecule has 5 heteroatoms. The topological polar surface area (TPSA) is 25.8 Å². The van der Waals surface area contributed by atoms with E-state index in [1.807, 2.05) is 0 Å². The standard InChI is InChI=1S/C6H2F2N2S/c7-5-6(8)10-4-2-11-1-3(4)9-5/h1-2H. The lowest BCUT2D eigenvalue weighted by atomic mass is 10.5. The molecule has 2 rings (SSSR count). The fourth-order valence-corrected chi connectivity index (χ4v) is 1.43. The zero-order chi connectivity index (χ0) is 7.84. The average Bonchev–Trinajstić information content (AvgIpc) is 2.36. The fourth-order valence-electron chi connectivity index (χ4n) is 0.755. The number of thiophene rings is 1. The van der Waals surface area contributed by atoms with E-state index in [-0.39, 0.29) is 0 Å². The SMILES string of the molecule is Fc1nc2cscc2nc1F. The highest BCUT2D eigenvalue weighted by atomic mass is 32.1. The van der Waals surface area contributed by atoms with Crippen molar-refractivity contribution in [3.05, 3.63) is 22.7 Å². The molecule has 2 aromatic rings. The van der Waals surface area contributed by atoms with Crippen LogP contribution >= 0.6 is 11.3 Å². The number of nitrogens with zero attached hydrogens (tertiary/aromatic N) is 2. The minimum Gasteiger partial charge on any atom is -0.213 e. The lowest BCUT2D eigenvalue weighted by Gasteiger charge is -1.89. The van der Waals surface area contributed by atoms with Gasteiger partial charge in [0.25, 0.3) is 11.9 Å². The van der Waals surface area contributed by atoms with E-state index in [1.54, 1.807) is 10.8 Å². The minimum absolute atomic E-state index is 0.397. The lowest BCUT2D eigenvalue weighted by Crippen LogP contribution is -1.92. The van der Waals surface area contributed by atoms with Gasteiger partial charge in [-0.15, -0.1) is 11.3 Å². The molecule has 2 aromatic heterocycles. The Bertz CT molecular complexity index is 362. The van der Waals surface area contributed by atoms with Gasteiger partial charge < -0.3 is 0 Å². The molecule has 0 aromatic carbocycles. The first-order valence-electron chi connectivity index (χ1n) is 2.82. The molecule has 56 valence electrons. The van der Waals surface area contributed by atoms with Gasteiger partial charge in [-0.1, -0.05) is 0 Å². The highest BCUT2D eigenvalue weighted by molar-refractivity contribution is 7.09. The first kappa shape index (κ1) is 6.60. The molecule has 0 N–H and O–H groups in total. The second kappa shape index (κ2) is 2.20. The maximum absolute atomic E-state index is 12.4. The average molecular weight is 172 g/mol. The van der Waals surface area contributed by atoms with E-state index < -0.39 is 11.9 Å². The largest absolute Gasteiger partial charge is 0.269 e. The van der Waals surface area contributed by atoms with Crippen LogP contribution in [0, 0.1) is 11.9 Å². The van der Waals surface area contributed by atoms with Gasteiger partial charge >= 0.3 is 0 Å². The van der Waals surface area contributed by atoms with E-state index in [4.69, 9.17) is 0 Å². The molecule has 11 heavy (non-hydrogen) atoms. The zero-order valence-corrected chi connectivity index (χ0v) is 6.03. The van der Waals surface area contributed by atoms with Crippen molar-refractivity contribution in [2.75, 3.05) is 0 Å². The summed E-state index contributed by atoms with van der Waals surface area (Å²) in [6.07, 6.45) is 0. The molecule has 0 amide bonds. The van der Waals surface area contributed by atoms with Crippen LogP contribution in [-0.4, -0.2) is 9.97 Å². The molecule has 0 aliphatic rings. The van der Waals surface area contributed by atoms with Gasteiger partial charge in [0.05, 0.1) is 0 Å². The highest BCUT2D eigenvalue weighted by Gasteiger charge is 2.06. The van der Waals surface area contributed by atoms with Gasteiger partial charge in [0, 0.05) is 10.8 Å². The number of rotatable bonds is 0. The Balaban J connectivity index is 2.86. The third-order valence-electron chi connectivity index (χ3n) is 1.23. The monoisotopic (exact) mass is 172 g/mol. The molecule has 0 fully saturated rings. The van der Waals surface area contributed by atoms with E-state index in [2.05, 4.69) is 9.97 Å². The van der Waals surface area contributed by atoms with Crippen molar-refractivity contribution in [2.45, 2.75) is 0 Å². The van der Waals surface area contributed by atoms with Crippen molar-refractivity contribution in [3.63, 3.8) is 0 Å². The molecule has 0 saturated carbocycles. The van der Waals surface area contributed by atoms with Gasteiger partial charge in [0.1, 0.15) is 11.0 Å². The maximum Gasteiger partial charge on any atom is 0.269 e. The molecule has 0 aliphatic carbocycles. The second-order valence-corrected chi connectivity index (χ2v) is 2.69. The smallest absolute Gasteiger partial charge is 0.213 e. The van der Waals surface area contributed by atoms with Crippen LogP contribution in [0.5, 0.6) is 0 Å². The van der Waals surface area contributed by atoms with E-state index in [1.165, 1.54) is 11.3 Å². The summed E-state index contributed by atoms with van der Waals surface area (Å²) in [6, 6.07) is 0. The van der Waals surface area contributed by atoms with Crippen LogP contribution in [-0.2, 0) is 0 Å². The Morgan fingerprint density at radius 1 is 1.00 bits per heavy atom. The molecule has 0 aliphatic heterocycles. The molecular formula is C6H2F2N2S. The van der Waals surface area contributed by atoms with Crippen molar-refractivity contribution in [3.8, 4) is 0 Å². The van der Waals surface area contributed by atoms with Gasteiger partial charge in [-0.25, -0.2) is 9.97 Å². The Labute approximate surface area is 64.5 Å². The van der Waals surface area contributed by atoms with Gasteiger partial charge in [-0.3, -0.25) is 0 Å². The molecule has 0 radical (unpaired) electrons. The van der Waals surface area contributed by atoms with E-state index in [0.717, 1.165) is 0 Å². The van der Waals surface area contributed by atoms with E-state index >= 15 is 0 Å². The number of halogens is 2. The Morgan fingerprint density at radius 2 is 1.45 bits per heavy atom. The highest BCUT2D eigenvalue weighted by Crippen LogP contribution is 2.15. The predicted molar refractivity (Wildman–Crippen MR) is 37.3 cm³/mol. The first-order valence-corrected chi connectivity index (χ1v) is 3.76. The molecule has 0 spiro atoms. The third kappa shape index (κ3) is 0.970. The van der Waals surface area contributed by atoms with Crippen LogP contribution < -0.4 is 0 Å². The van der Waals surface area contributed by atoms with Crippen LogP contribution in [0.3, 0.4) is 0 Å². The van der Waals surface area contributed by atoms with Crippen molar-refractivity contribution in [1.29, 1.82) is 0 Å². The quantitative estimate of drug-likeness (QED) is 0.607. The molecule has 0 atom stereocenters. The molecule has 2 heterocycles. The predicted octanol–water partition coefficient (Wildman–Crippen LogP) is 1.97. The summed E-state index contributed by atoms with van der Waals surface area (Å²) in [4.78, 5) is 6.68.